The molecule has 0 fully saturated rings. The van der Waals surface area contributed by atoms with Crippen molar-refractivity contribution in [2.75, 3.05) is 18.1 Å². The van der Waals surface area contributed by atoms with E-state index in [9.17, 15) is 9.59 Å². The van der Waals surface area contributed by atoms with Crippen molar-refractivity contribution in [3.63, 3.8) is 0 Å². The van der Waals surface area contributed by atoms with Crippen molar-refractivity contribution in [3.8, 4) is 5.75 Å². The van der Waals surface area contributed by atoms with Gasteiger partial charge in [-0.3, -0.25) is 9.59 Å². The molecule has 0 aliphatic carbocycles. The summed E-state index contributed by atoms with van der Waals surface area (Å²) in [6.07, 6.45) is -0.546. The Morgan fingerprint density at radius 2 is 2.00 bits per heavy atom. The summed E-state index contributed by atoms with van der Waals surface area (Å²) >= 11 is 11.8. The van der Waals surface area contributed by atoms with Gasteiger partial charge in [0.15, 0.2) is 6.10 Å². The highest BCUT2D eigenvalue weighted by atomic mass is 35.5. The average molecular weight is 398 g/mol. The number of hydrogen-bond donors (Lipinski definition) is 2. The zero-order valence-corrected chi connectivity index (χ0v) is 15.5. The zero-order valence-electron chi connectivity index (χ0n) is 12.4. The number of carboxylic acids is 1. The lowest BCUT2D eigenvalue weighted by Gasteiger charge is -2.15. The monoisotopic (exact) mass is 397 g/mol. The molecular weight excluding hydrogens is 381 g/mol. The number of halogens is 2. The second-order valence-corrected chi connectivity index (χ2v) is 7.96. The topological polar surface area (TPSA) is 75.6 Å². The van der Waals surface area contributed by atoms with E-state index in [1.807, 2.05) is 0 Å². The number of carbonyl (C=O) groups excluding carboxylic acids is 1. The SMILES string of the molecule is CC(Oc1ccc(Cl)cc1Cl)C(=O)NCCSSCCC(=O)O. The number of benzene rings is 1. The fourth-order valence-corrected chi connectivity index (χ4v) is 3.76. The van der Waals surface area contributed by atoms with Gasteiger partial charge < -0.3 is 15.2 Å². The molecule has 0 heterocycles. The summed E-state index contributed by atoms with van der Waals surface area (Å²) in [6.45, 7) is 2.11. The first kappa shape index (κ1) is 20.3. The molecule has 2 N–H and O–H groups in total. The van der Waals surface area contributed by atoms with Crippen molar-refractivity contribution in [3.05, 3.63) is 28.2 Å². The largest absolute Gasteiger partial charge is 0.481 e. The Morgan fingerprint density at radius 1 is 1.30 bits per heavy atom. The summed E-state index contributed by atoms with van der Waals surface area (Å²) in [5.41, 5.74) is 0. The van der Waals surface area contributed by atoms with Crippen molar-refractivity contribution < 1.29 is 19.4 Å². The molecule has 0 aromatic heterocycles. The van der Waals surface area contributed by atoms with Crippen LogP contribution in [-0.4, -0.2) is 41.1 Å². The Kier molecular flexibility index (Phi) is 9.62. The number of amides is 1. The predicted octanol–water partition coefficient (Wildman–Crippen LogP) is 3.73. The van der Waals surface area contributed by atoms with Crippen LogP contribution in [0.25, 0.3) is 0 Å². The van der Waals surface area contributed by atoms with Crippen LogP contribution < -0.4 is 10.1 Å². The van der Waals surface area contributed by atoms with Crippen LogP contribution in [0.1, 0.15) is 13.3 Å². The zero-order chi connectivity index (χ0) is 17.2. The molecule has 1 aromatic carbocycles. The fourth-order valence-electron chi connectivity index (χ4n) is 1.42. The lowest BCUT2D eigenvalue weighted by molar-refractivity contribution is -0.136. The quantitative estimate of drug-likeness (QED) is 0.462. The molecule has 9 heteroatoms. The van der Waals surface area contributed by atoms with Crippen molar-refractivity contribution >= 4 is 56.7 Å². The standard InChI is InChI=1S/C14H17Cl2NO4S2/c1-9(21-12-3-2-10(15)8-11(12)16)14(20)17-5-7-23-22-6-4-13(18)19/h2-3,8-9H,4-7H2,1H3,(H,17,20)(H,18,19). The lowest BCUT2D eigenvalue weighted by Crippen LogP contribution is -2.37. The molecule has 1 unspecified atom stereocenters. The third kappa shape index (κ3) is 8.60. The van der Waals surface area contributed by atoms with E-state index in [0.29, 0.717) is 33.8 Å². The van der Waals surface area contributed by atoms with E-state index in [2.05, 4.69) is 5.32 Å². The van der Waals surface area contributed by atoms with Crippen LogP contribution in [-0.2, 0) is 9.59 Å². The summed E-state index contributed by atoms with van der Waals surface area (Å²) in [7, 11) is 2.99. The minimum atomic E-state index is -0.807. The Morgan fingerprint density at radius 3 is 2.65 bits per heavy atom. The van der Waals surface area contributed by atoms with Gasteiger partial charge in [0.1, 0.15) is 5.75 Å². The molecule has 1 rings (SSSR count). The summed E-state index contributed by atoms with van der Waals surface area (Å²) in [5.74, 6) is 0.579. The number of nitrogens with one attached hydrogen (secondary N) is 1. The highest BCUT2D eigenvalue weighted by Crippen LogP contribution is 2.28. The van der Waals surface area contributed by atoms with Gasteiger partial charge in [-0.2, -0.15) is 0 Å². The first-order valence-corrected chi connectivity index (χ1v) is 10.00. The van der Waals surface area contributed by atoms with Gasteiger partial charge in [-0.25, -0.2) is 0 Å². The second kappa shape index (κ2) is 10.9. The van der Waals surface area contributed by atoms with Gasteiger partial charge in [0, 0.05) is 23.1 Å². The van der Waals surface area contributed by atoms with Crippen LogP contribution in [0.5, 0.6) is 5.75 Å². The number of carbonyl (C=O) groups is 2. The lowest BCUT2D eigenvalue weighted by atomic mass is 10.3. The Labute approximate surface area is 152 Å². The second-order valence-electron chi connectivity index (χ2n) is 4.41. The molecule has 23 heavy (non-hydrogen) atoms. The van der Waals surface area contributed by atoms with Crippen molar-refractivity contribution in [1.82, 2.24) is 5.32 Å². The van der Waals surface area contributed by atoms with E-state index >= 15 is 0 Å². The van der Waals surface area contributed by atoms with Crippen LogP contribution in [0.4, 0.5) is 0 Å². The Bertz CT molecular complexity index is 546. The number of hydrogen-bond acceptors (Lipinski definition) is 5. The molecule has 1 amide bonds. The number of ether oxygens (including phenoxy) is 1. The van der Waals surface area contributed by atoms with Gasteiger partial charge in [-0.05, 0) is 25.1 Å². The third-order valence-electron chi connectivity index (χ3n) is 2.53. The normalized spacial score (nSPS) is 11.8. The van der Waals surface area contributed by atoms with Crippen molar-refractivity contribution in [2.24, 2.45) is 0 Å². The van der Waals surface area contributed by atoms with Crippen LogP contribution >= 0.6 is 44.8 Å². The maximum atomic E-state index is 11.9. The number of carboxylic acid groups (broad SMARTS) is 1. The summed E-state index contributed by atoms with van der Waals surface area (Å²) in [6, 6.07) is 4.80. The minimum Gasteiger partial charge on any atom is -0.481 e. The van der Waals surface area contributed by atoms with E-state index in [4.69, 9.17) is 33.0 Å². The molecule has 1 aromatic rings. The van der Waals surface area contributed by atoms with Gasteiger partial charge >= 0.3 is 5.97 Å². The van der Waals surface area contributed by atoms with E-state index in [1.165, 1.54) is 21.6 Å². The van der Waals surface area contributed by atoms with Gasteiger partial charge in [0.05, 0.1) is 11.4 Å². The van der Waals surface area contributed by atoms with E-state index in [1.54, 1.807) is 25.1 Å². The van der Waals surface area contributed by atoms with Gasteiger partial charge in [0.2, 0.25) is 0 Å². The summed E-state index contributed by atoms with van der Waals surface area (Å²) in [5, 5.41) is 12.1. The summed E-state index contributed by atoms with van der Waals surface area (Å²) in [4.78, 5) is 22.2. The number of rotatable bonds is 10. The molecule has 128 valence electrons. The van der Waals surface area contributed by atoms with Gasteiger partial charge in [0.25, 0.3) is 5.91 Å². The number of aliphatic carboxylic acids is 1. The molecule has 0 saturated heterocycles. The van der Waals surface area contributed by atoms with Crippen LogP contribution in [0.15, 0.2) is 18.2 Å². The van der Waals surface area contributed by atoms with Crippen molar-refractivity contribution in [2.45, 2.75) is 19.4 Å². The van der Waals surface area contributed by atoms with Crippen molar-refractivity contribution in [1.29, 1.82) is 0 Å². The Balaban J connectivity index is 2.22. The van der Waals surface area contributed by atoms with Crippen LogP contribution in [0.3, 0.4) is 0 Å². The maximum Gasteiger partial charge on any atom is 0.304 e. The molecule has 0 bridgehead atoms. The molecule has 0 aliphatic rings. The highest BCUT2D eigenvalue weighted by molar-refractivity contribution is 8.76. The van der Waals surface area contributed by atoms with Gasteiger partial charge in [-0.1, -0.05) is 44.8 Å². The molecule has 5 nitrogen and oxygen atoms in total. The molecular formula is C14H17Cl2NO4S2. The van der Waals surface area contributed by atoms with Crippen LogP contribution in [0, 0.1) is 0 Å². The third-order valence-corrected chi connectivity index (χ3v) is 5.47. The van der Waals surface area contributed by atoms with E-state index < -0.39 is 12.1 Å². The van der Waals surface area contributed by atoms with Gasteiger partial charge in [-0.15, -0.1) is 0 Å². The average Bonchev–Trinajstić information content (AvgIpc) is 2.48. The highest BCUT2D eigenvalue weighted by Gasteiger charge is 2.15. The molecule has 0 aliphatic heterocycles. The fraction of sp³-hybridized carbons (Fsp3) is 0.429. The first-order valence-electron chi connectivity index (χ1n) is 6.75. The minimum absolute atomic E-state index is 0.136. The Hall–Kier alpha value is -0.760. The van der Waals surface area contributed by atoms with E-state index in [0.717, 1.165) is 0 Å². The first-order chi connectivity index (χ1) is 10.9. The molecule has 0 saturated carbocycles. The molecule has 1 atom stereocenters. The smallest absolute Gasteiger partial charge is 0.304 e. The summed E-state index contributed by atoms with van der Waals surface area (Å²) < 4.78 is 5.50. The maximum absolute atomic E-state index is 11.9. The predicted molar refractivity (Wildman–Crippen MR) is 96.7 cm³/mol. The van der Waals surface area contributed by atoms with E-state index in [-0.39, 0.29) is 12.3 Å². The molecule has 0 radical (unpaired) electrons. The molecule has 0 spiro atoms. The van der Waals surface area contributed by atoms with Crippen LogP contribution in [0.2, 0.25) is 10.0 Å².